The highest BCUT2D eigenvalue weighted by Crippen LogP contribution is 2.24. The van der Waals surface area contributed by atoms with Crippen molar-refractivity contribution in [1.82, 2.24) is 9.89 Å². The van der Waals surface area contributed by atoms with Gasteiger partial charge in [0, 0.05) is 16.0 Å². The number of nitrogens with zero attached hydrogens (tertiary/aromatic N) is 2. The summed E-state index contributed by atoms with van der Waals surface area (Å²) in [4.78, 5) is 26.2. The van der Waals surface area contributed by atoms with E-state index in [0.29, 0.717) is 27.1 Å². The second kappa shape index (κ2) is 7.85. The number of nitrogens with one attached hydrogen (secondary N) is 1. The molecule has 0 atom stereocenters. The van der Waals surface area contributed by atoms with E-state index in [2.05, 4.69) is 10.5 Å². The summed E-state index contributed by atoms with van der Waals surface area (Å²) in [5, 5.41) is 5.91. The molecule has 0 radical (unpaired) electrons. The van der Waals surface area contributed by atoms with Crippen molar-refractivity contribution >= 4 is 28.3 Å². The number of hydrogen-bond donors (Lipinski definition) is 1. The van der Waals surface area contributed by atoms with Crippen LogP contribution >= 0.6 is 11.6 Å². The van der Waals surface area contributed by atoms with Crippen LogP contribution in [0.3, 0.4) is 0 Å². The minimum Gasteiger partial charge on any atom is -0.273 e. The van der Waals surface area contributed by atoms with Crippen molar-refractivity contribution in [3.05, 3.63) is 99.6 Å². The molecule has 1 aromatic heterocycles. The number of fused-ring (bicyclic) bond motifs is 1. The summed E-state index contributed by atoms with van der Waals surface area (Å²) in [7, 11) is 0. The molecule has 1 N–H and O–H groups in total. The first-order valence-corrected chi connectivity index (χ1v) is 9.21. The van der Waals surface area contributed by atoms with Crippen LogP contribution in [0.25, 0.3) is 22.0 Å². The van der Waals surface area contributed by atoms with Crippen LogP contribution in [-0.4, -0.2) is 15.8 Å². The van der Waals surface area contributed by atoms with E-state index in [4.69, 9.17) is 11.6 Å². The molecule has 1 amide bonds. The quantitative estimate of drug-likeness (QED) is 0.552. The van der Waals surface area contributed by atoms with E-state index in [1.165, 1.54) is 12.1 Å². The van der Waals surface area contributed by atoms with Gasteiger partial charge >= 0.3 is 0 Å². The molecule has 1 heterocycles. The third-order valence-electron chi connectivity index (χ3n) is 4.43. The molecule has 0 bridgehead atoms. The van der Waals surface area contributed by atoms with Crippen molar-refractivity contribution in [2.24, 2.45) is 0 Å². The summed E-state index contributed by atoms with van der Waals surface area (Å²) < 4.78 is 13.3. The zero-order valence-electron chi connectivity index (χ0n) is 15.1. The van der Waals surface area contributed by atoms with Crippen LogP contribution in [0.5, 0.6) is 0 Å². The molecule has 29 heavy (non-hydrogen) atoms. The Labute approximate surface area is 170 Å². The van der Waals surface area contributed by atoms with Gasteiger partial charge in [0.2, 0.25) is 5.91 Å². The van der Waals surface area contributed by atoms with Gasteiger partial charge in [0.15, 0.2) is 0 Å². The normalized spacial score (nSPS) is 10.8. The smallest absolute Gasteiger partial charge is 0.273 e. The Morgan fingerprint density at radius 2 is 1.62 bits per heavy atom. The Morgan fingerprint density at radius 3 is 2.31 bits per heavy atom. The van der Waals surface area contributed by atoms with E-state index < -0.39 is 11.5 Å². The Morgan fingerprint density at radius 1 is 0.966 bits per heavy atom. The molecule has 0 saturated carbocycles. The van der Waals surface area contributed by atoms with Crippen LogP contribution in [0.15, 0.2) is 77.6 Å². The van der Waals surface area contributed by atoms with Gasteiger partial charge in [-0.1, -0.05) is 41.9 Å². The van der Waals surface area contributed by atoms with Crippen molar-refractivity contribution in [2.75, 3.05) is 5.43 Å². The fraction of sp³-hybridized carbons (Fsp3) is 0.0455. The number of carbonyl (C=O) groups is 1. The van der Waals surface area contributed by atoms with Crippen molar-refractivity contribution in [3.63, 3.8) is 0 Å². The van der Waals surface area contributed by atoms with E-state index in [1.807, 2.05) is 0 Å². The number of hydrogen-bond acceptors (Lipinski definition) is 3. The SMILES string of the molecule is O=C(Cc1ccc(Cl)cc1)Nn1nc(-c2ccc(F)cc2)c2ccccc2c1=O. The zero-order chi connectivity index (χ0) is 20.4. The number of aromatic nitrogens is 2. The lowest BCUT2D eigenvalue weighted by molar-refractivity contribution is -0.116. The molecular formula is C22H15ClFN3O2. The van der Waals surface area contributed by atoms with E-state index in [9.17, 15) is 14.0 Å². The highest BCUT2D eigenvalue weighted by Gasteiger charge is 2.14. The second-order valence-corrected chi connectivity index (χ2v) is 6.89. The van der Waals surface area contributed by atoms with E-state index in [0.717, 1.165) is 10.4 Å². The maximum atomic E-state index is 13.3. The van der Waals surface area contributed by atoms with Crippen LogP contribution in [0, 0.1) is 5.82 Å². The number of amides is 1. The van der Waals surface area contributed by atoms with Crippen LogP contribution in [0.2, 0.25) is 5.02 Å². The summed E-state index contributed by atoms with van der Waals surface area (Å²) in [5.41, 5.74) is 3.93. The number of halogens is 2. The average Bonchev–Trinajstić information content (AvgIpc) is 2.73. The lowest BCUT2D eigenvalue weighted by Crippen LogP contribution is -2.36. The standard InChI is InChI=1S/C22H15ClFN3O2/c23-16-9-5-14(6-10-16)13-20(28)25-27-22(29)19-4-2-1-3-18(19)21(26-27)15-7-11-17(24)12-8-15/h1-12H,13H2,(H,25,28). The van der Waals surface area contributed by atoms with Gasteiger partial charge < -0.3 is 0 Å². The van der Waals surface area contributed by atoms with Gasteiger partial charge in [-0.25, -0.2) is 9.82 Å². The van der Waals surface area contributed by atoms with Gasteiger partial charge in [-0.15, -0.1) is 9.89 Å². The maximum Gasteiger partial charge on any atom is 0.294 e. The van der Waals surface area contributed by atoms with Gasteiger partial charge in [-0.2, -0.15) is 0 Å². The summed E-state index contributed by atoms with van der Waals surface area (Å²) in [6.07, 6.45) is 0.0595. The fourth-order valence-electron chi connectivity index (χ4n) is 3.03. The molecule has 0 aliphatic rings. The molecule has 0 aliphatic heterocycles. The summed E-state index contributed by atoms with van der Waals surface area (Å²) in [6.45, 7) is 0. The first kappa shape index (κ1) is 18.8. The number of rotatable bonds is 4. The Hall–Kier alpha value is -3.51. The largest absolute Gasteiger partial charge is 0.294 e. The summed E-state index contributed by atoms with van der Waals surface area (Å²) in [5.74, 6) is -0.773. The minimum absolute atomic E-state index is 0.0595. The van der Waals surface area contributed by atoms with Gasteiger partial charge in [0.25, 0.3) is 5.56 Å². The molecule has 7 heteroatoms. The summed E-state index contributed by atoms with van der Waals surface area (Å²) in [6, 6.07) is 19.6. The van der Waals surface area contributed by atoms with Gasteiger partial charge in [0.1, 0.15) is 11.5 Å². The summed E-state index contributed by atoms with van der Waals surface area (Å²) >= 11 is 5.86. The lowest BCUT2D eigenvalue weighted by Gasteiger charge is -2.12. The van der Waals surface area contributed by atoms with E-state index >= 15 is 0 Å². The lowest BCUT2D eigenvalue weighted by atomic mass is 10.1. The highest BCUT2D eigenvalue weighted by molar-refractivity contribution is 6.30. The van der Waals surface area contributed by atoms with Crippen LogP contribution in [0.1, 0.15) is 5.56 Å². The average molecular weight is 408 g/mol. The predicted octanol–water partition coefficient (Wildman–Crippen LogP) is 4.17. The Bertz CT molecular complexity index is 1250. The molecular weight excluding hydrogens is 393 g/mol. The number of benzene rings is 3. The van der Waals surface area contributed by atoms with Crippen molar-refractivity contribution < 1.29 is 9.18 Å². The third kappa shape index (κ3) is 4.02. The zero-order valence-corrected chi connectivity index (χ0v) is 15.9. The molecule has 0 saturated heterocycles. The van der Waals surface area contributed by atoms with Gasteiger partial charge in [-0.05, 0) is 48.0 Å². The second-order valence-electron chi connectivity index (χ2n) is 6.46. The maximum absolute atomic E-state index is 13.3. The van der Waals surface area contributed by atoms with E-state index in [1.54, 1.807) is 60.7 Å². The highest BCUT2D eigenvalue weighted by atomic mass is 35.5. The predicted molar refractivity (Wildman–Crippen MR) is 111 cm³/mol. The topological polar surface area (TPSA) is 64.0 Å². The van der Waals surface area contributed by atoms with Crippen molar-refractivity contribution in [3.8, 4) is 11.3 Å². The van der Waals surface area contributed by atoms with Crippen molar-refractivity contribution in [1.29, 1.82) is 0 Å². The molecule has 0 fully saturated rings. The van der Waals surface area contributed by atoms with Crippen LogP contribution < -0.4 is 11.0 Å². The van der Waals surface area contributed by atoms with Crippen molar-refractivity contribution in [2.45, 2.75) is 6.42 Å². The minimum atomic E-state index is -0.448. The van der Waals surface area contributed by atoms with Gasteiger partial charge in [0.05, 0.1) is 11.8 Å². The van der Waals surface area contributed by atoms with E-state index in [-0.39, 0.29) is 12.2 Å². The molecule has 3 aromatic carbocycles. The first-order valence-electron chi connectivity index (χ1n) is 8.83. The molecule has 4 aromatic rings. The molecule has 144 valence electrons. The molecule has 5 nitrogen and oxygen atoms in total. The van der Waals surface area contributed by atoms with Gasteiger partial charge in [-0.3, -0.25) is 9.59 Å². The Kier molecular flexibility index (Phi) is 5.10. The first-order chi connectivity index (χ1) is 14.0. The molecule has 0 aliphatic carbocycles. The number of carbonyl (C=O) groups excluding carboxylic acids is 1. The monoisotopic (exact) mass is 407 g/mol. The molecule has 0 unspecified atom stereocenters. The van der Waals surface area contributed by atoms with Crippen LogP contribution in [0.4, 0.5) is 4.39 Å². The third-order valence-corrected chi connectivity index (χ3v) is 4.68. The fourth-order valence-corrected chi connectivity index (χ4v) is 3.16. The Balaban J connectivity index is 1.73. The molecule has 4 rings (SSSR count). The van der Waals surface area contributed by atoms with Crippen LogP contribution in [-0.2, 0) is 11.2 Å². The molecule has 0 spiro atoms.